The molecule has 0 spiro atoms. The lowest BCUT2D eigenvalue weighted by molar-refractivity contribution is 0.311. The number of ether oxygens (including phenoxy) is 2. The maximum atomic E-state index is 9.17. The topological polar surface area (TPSA) is 74.8 Å². The van der Waals surface area contributed by atoms with E-state index in [4.69, 9.17) is 14.7 Å². The summed E-state index contributed by atoms with van der Waals surface area (Å²) >= 11 is 0. The average Bonchev–Trinajstić information content (AvgIpc) is 3.64. The van der Waals surface area contributed by atoms with Gasteiger partial charge in [0.05, 0.1) is 49.2 Å². The minimum atomic E-state index is 0.628. The Balaban J connectivity index is 0.000000453. The van der Waals surface area contributed by atoms with E-state index in [1.165, 1.54) is 25.9 Å². The number of anilines is 1. The van der Waals surface area contributed by atoms with Crippen LogP contribution < -0.4 is 19.7 Å². The van der Waals surface area contributed by atoms with E-state index in [2.05, 4.69) is 44.9 Å². The number of benzene rings is 2. The van der Waals surface area contributed by atoms with Crippen LogP contribution in [0.4, 0.5) is 5.69 Å². The Labute approximate surface area is 205 Å². The van der Waals surface area contributed by atoms with Crippen molar-refractivity contribution in [1.82, 2.24) is 14.7 Å². The number of nitriles is 1. The first-order valence-corrected chi connectivity index (χ1v) is 11.9. The second-order valence-electron chi connectivity index (χ2n) is 8.72. The van der Waals surface area contributed by atoms with E-state index in [9.17, 15) is 0 Å². The molecule has 0 amide bonds. The fourth-order valence-electron chi connectivity index (χ4n) is 4.58. The number of rotatable bonds is 3. The van der Waals surface area contributed by atoms with Gasteiger partial charge in [-0.25, -0.2) is 4.98 Å². The molecular formula is C28H29N5O2. The van der Waals surface area contributed by atoms with Crippen molar-refractivity contribution in [2.24, 2.45) is 0 Å². The number of hydrogen-bond acceptors (Lipinski definition) is 6. The second-order valence-corrected chi connectivity index (χ2v) is 8.72. The molecule has 2 aromatic carbocycles. The van der Waals surface area contributed by atoms with Gasteiger partial charge in [-0.3, -0.25) is 4.40 Å². The Morgan fingerprint density at radius 1 is 1.06 bits per heavy atom. The van der Waals surface area contributed by atoms with Crippen LogP contribution in [0.15, 0.2) is 61.1 Å². The summed E-state index contributed by atoms with van der Waals surface area (Å²) in [5.74, 6) is 1.64. The predicted molar refractivity (Wildman–Crippen MR) is 138 cm³/mol. The molecule has 0 atom stereocenters. The van der Waals surface area contributed by atoms with Crippen molar-refractivity contribution in [3.05, 3.63) is 66.6 Å². The summed E-state index contributed by atoms with van der Waals surface area (Å²) in [4.78, 5) is 6.57. The number of pyridine rings is 1. The highest BCUT2D eigenvalue weighted by Crippen LogP contribution is 2.41. The molecule has 6 rings (SSSR count). The van der Waals surface area contributed by atoms with Gasteiger partial charge >= 0.3 is 0 Å². The summed E-state index contributed by atoms with van der Waals surface area (Å²) in [6.07, 6.45) is 6.39. The molecule has 4 heterocycles. The molecule has 0 radical (unpaired) electrons. The SMILES string of the molecule is C1CCNC1.COc1cc(-c2ccc(C#N)cc2)c(-c2ccc3c(c2)N(C)CCO3)n2cncc12. The van der Waals surface area contributed by atoms with E-state index < -0.39 is 0 Å². The summed E-state index contributed by atoms with van der Waals surface area (Å²) < 4.78 is 13.5. The van der Waals surface area contributed by atoms with Crippen molar-refractivity contribution in [3.8, 4) is 40.0 Å². The molecule has 1 saturated heterocycles. The van der Waals surface area contributed by atoms with E-state index in [1.54, 1.807) is 19.6 Å². The van der Waals surface area contributed by atoms with Crippen molar-refractivity contribution in [2.45, 2.75) is 12.8 Å². The largest absolute Gasteiger partial charge is 0.494 e. The number of aromatic nitrogens is 2. The Morgan fingerprint density at radius 3 is 2.51 bits per heavy atom. The van der Waals surface area contributed by atoms with Crippen LogP contribution in [0.25, 0.3) is 27.9 Å². The first-order valence-electron chi connectivity index (χ1n) is 11.9. The Hall–Kier alpha value is -4.02. The molecule has 1 N–H and O–H groups in total. The van der Waals surface area contributed by atoms with Crippen molar-refractivity contribution >= 4 is 11.2 Å². The van der Waals surface area contributed by atoms with Gasteiger partial charge < -0.3 is 19.7 Å². The number of nitrogens with one attached hydrogen (secondary N) is 1. The lowest BCUT2D eigenvalue weighted by atomic mass is 9.97. The van der Waals surface area contributed by atoms with E-state index >= 15 is 0 Å². The highest BCUT2D eigenvalue weighted by Gasteiger charge is 2.20. The van der Waals surface area contributed by atoms with Gasteiger partial charge in [0.25, 0.3) is 0 Å². The summed E-state index contributed by atoms with van der Waals surface area (Å²) in [5.41, 5.74) is 6.65. The monoisotopic (exact) mass is 467 g/mol. The highest BCUT2D eigenvalue weighted by molar-refractivity contribution is 5.87. The molecule has 178 valence electrons. The van der Waals surface area contributed by atoms with Crippen LogP contribution in [-0.4, -0.2) is 49.8 Å². The first kappa shape index (κ1) is 22.8. The number of imidazole rings is 1. The van der Waals surface area contributed by atoms with Crippen molar-refractivity contribution in [2.75, 3.05) is 45.3 Å². The first-order chi connectivity index (χ1) is 17.2. The van der Waals surface area contributed by atoms with Crippen LogP contribution in [0.2, 0.25) is 0 Å². The van der Waals surface area contributed by atoms with Crippen LogP contribution in [0.5, 0.6) is 11.5 Å². The van der Waals surface area contributed by atoms with E-state index in [0.29, 0.717) is 12.2 Å². The molecule has 0 aliphatic carbocycles. The molecule has 35 heavy (non-hydrogen) atoms. The predicted octanol–water partition coefficient (Wildman–Crippen LogP) is 4.75. The quantitative estimate of drug-likeness (QED) is 0.469. The van der Waals surface area contributed by atoms with Crippen molar-refractivity contribution in [3.63, 3.8) is 0 Å². The molecule has 1 fully saturated rings. The van der Waals surface area contributed by atoms with E-state index in [0.717, 1.165) is 51.6 Å². The van der Waals surface area contributed by atoms with Gasteiger partial charge in [-0.2, -0.15) is 5.26 Å². The number of fused-ring (bicyclic) bond motifs is 2. The zero-order valence-corrected chi connectivity index (χ0v) is 20.1. The standard InChI is InChI=1S/C24H20N4O2.C4H9N/c1-27-9-10-30-22-8-7-18(11-20(22)27)24-19(17-5-3-16(13-25)4-6-17)12-23(29-2)21-14-26-15-28(21)24;1-2-4-5-3-1/h3-8,11-12,14-15H,9-10H2,1-2H3;5H,1-4H2. The normalized spacial score (nSPS) is 14.5. The van der Waals surface area contributed by atoms with Gasteiger partial charge in [0.15, 0.2) is 0 Å². The molecular weight excluding hydrogens is 438 g/mol. The van der Waals surface area contributed by atoms with Gasteiger partial charge in [-0.05, 0) is 67.9 Å². The van der Waals surface area contributed by atoms with Gasteiger partial charge in [0.1, 0.15) is 23.6 Å². The highest BCUT2D eigenvalue weighted by atomic mass is 16.5. The molecule has 4 aromatic rings. The fraction of sp³-hybridized carbons (Fsp3) is 0.286. The van der Waals surface area contributed by atoms with Crippen molar-refractivity contribution < 1.29 is 9.47 Å². The molecule has 0 bridgehead atoms. The van der Waals surface area contributed by atoms with Gasteiger partial charge in [0.2, 0.25) is 0 Å². The molecule has 0 saturated carbocycles. The minimum Gasteiger partial charge on any atom is -0.494 e. The van der Waals surface area contributed by atoms with E-state index in [1.807, 2.05) is 36.4 Å². The minimum absolute atomic E-state index is 0.628. The second kappa shape index (κ2) is 10.1. The smallest absolute Gasteiger partial charge is 0.145 e. The summed E-state index contributed by atoms with van der Waals surface area (Å²) in [7, 11) is 3.74. The van der Waals surface area contributed by atoms with Gasteiger partial charge in [-0.1, -0.05) is 12.1 Å². The zero-order valence-electron chi connectivity index (χ0n) is 20.1. The van der Waals surface area contributed by atoms with Gasteiger partial charge in [0, 0.05) is 18.2 Å². The number of methoxy groups -OCH3 is 1. The zero-order chi connectivity index (χ0) is 24.2. The molecule has 2 aliphatic heterocycles. The molecule has 2 aromatic heterocycles. The molecule has 2 aliphatic rings. The van der Waals surface area contributed by atoms with Crippen LogP contribution in [0.3, 0.4) is 0 Å². The number of likely N-dealkylation sites (N-methyl/N-ethyl adjacent to an activating group) is 1. The maximum Gasteiger partial charge on any atom is 0.145 e. The Morgan fingerprint density at radius 2 is 1.83 bits per heavy atom. The molecule has 0 unspecified atom stereocenters. The third-order valence-electron chi connectivity index (χ3n) is 6.49. The average molecular weight is 468 g/mol. The van der Waals surface area contributed by atoms with Crippen LogP contribution in [0, 0.1) is 11.3 Å². The maximum absolute atomic E-state index is 9.17. The van der Waals surface area contributed by atoms with Crippen molar-refractivity contribution in [1.29, 1.82) is 5.26 Å². The van der Waals surface area contributed by atoms with E-state index in [-0.39, 0.29) is 0 Å². The van der Waals surface area contributed by atoms with Crippen LogP contribution >= 0.6 is 0 Å². The Kier molecular flexibility index (Phi) is 6.55. The van der Waals surface area contributed by atoms with Gasteiger partial charge in [-0.15, -0.1) is 0 Å². The molecule has 7 heteroatoms. The lowest BCUT2D eigenvalue weighted by Crippen LogP contribution is -2.28. The third-order valence-corrected chi connectivity index (χ3v) is 6.49. The number of hydrogen-bond donors (Lipinski definition) is 1. The Bertz CT molecular complexity index is 1360. The van der Waals surface area contributed by atoms with Crippen LogP contribution in [0.1, 0.15) is 18.4 Å². The summed E-state index contributed by atoms with van der Waals surface area (Å²) in [6, 6.07) is 18.1. The number of nitrogens with zero attached hydrogens (tertiary/aromatic N) is 4. The lowest BCUT2D eigenvalue weighted by Gasteiger charge is -2.28. The molecule has 7 nitrogen and oxygen atoms in total. The fourth-order valence-corrected chi connectivity index (χ4v) is 4.58. The van der Waals surface area contributed by atoms with Crippen LogP contribution in [-0.2, 0) is 0 Å². The third kappa shape index (κ3) is 4.53. The summed E-state index contributed by atoms with van der Waals surface area (Å²) in [5, 5.41) is 12.4. The summed E-state index contributed by atoms with van der Waals surface area (Å²) in [6.45, 7) is 4.04.